The van der Waals surface area contributed by atoms with Crippen molar-refractivity contribution in [3.8, 4) is 5.75 Å². The first-order valence-electron chi connectivity index (χ1n) is 9.15. The van der Waals surface area contributed by atoms with Crippen LogP contribution >= 0.6 is 11.6 Å². The van der Waals surface area contributed by atoms with Gasteiger partial charge in [-0.05, 0) is 66.8 Å². The highest BCUT2D eigenvalue weighted by atomic mass is 35.5. The maximum Gasteiger partial charge on any atom is 0.262 e. The first-order valence-corrected chi connectivity index (χ1v) is 9.52. The van der Waals surface area contributed by atoms with E-state index in [0.717, 1.165) is 18.4 Å². The van der Waals surface area contributed by atoms with Crippen LogP contribution in [-0.4, -0.2) is 18.4 Å². The molecule has 0 aromatic heterocycles. The molecule has 0 spiro atoms. The lowest BCUT2D eigenvalue weighted by Crippen LogP contribution is -2.21. The fourth-order valence-corrected chi connectivity index (χ4v) is 3.62. The van der Waals surface area contributed by atoms with Crippen molar-refractivity contribution in [2.75, 3.05) is 11.9 Å². The summed E-state index contributed by atoms with van der Waals surface area (Å²) in [7, 11) is 0. The van der Waals surface area contributed by atoms with E-state index < -0.39 is 5.91 Å². The minimum Gasteiger partial charge on any atom is -0.483 e. The van der Waals surface area contributed by atoms with Crippen LogP contribution in [0.15, 0.2) is 42.5 Å². The summed E-state index contributed by atoms with van der Waals surface area (Å²) in [6, 6.07) is 12.0. The second-order valence-electron chi connectivity index (χ2n) is 6.80. The maximum atomic E-state index is 12.2. The van der Waals surface area contributed by atoms with Gasteiger partial charge in [0.05, 0.1) is 0 Å². The molecule has 0 aliphatic heterocycles. The van der Waals surface area contributed by atoms with Crippen LogP contribution in [0, 0.1) is 0 Å². The molecule has 0 saturated heterocycles. The number of anilines is 1. The lowest BCUT2D eigenvalue weighted by Gasteiger charge is -2.24. The van der Waals surface area contributed by atoms with Crippen LogP contribution < -0.4 is 15.8 Å². The van der Waals surface area contributed by atoms with Crippen molar-refractivity contribution in [2.24, 2.45) is 5.73 Å². The summed E-state index contributed by atoms with van der Waals surface area (Å²) < 4.78 is 5.80. The van der Waals surface area contributed by atoms with Gasteiger partial charge in [0.15, 0.2) is 6.61 Å². The van der Waals surface area contributed by atoms with Gasteiger partial charge in [-0.2, -0.15) is 0 Å². The molecule has 2 amide bonds. The van der Waals surface area contributed by atoms with Gasteiger partial charge in [0.2, 0.25) is 5.91 Å². The standard InChI is InChI=1S/C21H23ClN2O3/c22-16-8-11-19(18(12-16)14-4-2-1-3-5-14)27-13-20(25)24-17-9-6-15(7-10-17)21(23)26/h6-12,14H,1-5,13H2,(H2,23,26)(H,24,25). The quantitative estimate of drug-likeness (QED) is 0.766. The molecule has 1 fully saturated rings. The van der Waals surface area contributed by atoms with E-state index in [1.165, 1.54) is 19.3 Å². The van der Waals surface area contributed by atoms with Crippen LogP contribution in [0.5, 0.6) is 5.75 Å². The Balaban J connectivity index is 1.62. The summed E-state index contributed by atoms with van der Waals surface area (Å²) >= 11 is 6.17. The first kappa shape index (κ1) is 19.2. The third-order valence-electron chi connectivity index (χ3n) is 4.83. The van der Waals surface area contributed by atoms with Gasteiger partial charge in [-0.1, -0.05) is 30.9 Å². The number of ether oxygens (including phenoxy) is 1. The van der Waals surface area contributed by atoms with Crippen molar-refractivity contribution in [3.05, 3.63) is 58.6 Å². The summed E-state index contributed by atoms with van der Waals surface area (Å²) in [5, 5.41) is 3.43. The molecule has 0 radical (unpaired) electrons. The Morgan fingerprint density at radius 2 is 1.78 bits per heavy atom. The second kappa shape index (κ2) is 8.91. The smallest absolute Gasteiger partial charge is 0.262 e. The van der Waals surface area contributed by atoms with E-state index in [1.54, 1.807) is 30.3 Å². The first-order chi connectivity index (χ1) is 13.0. The number of carbonyl (C=O) groups excluding carboxylic acids is 2. The Bertz CT molecular complexity index is 815. The van der Waals surface area contributed by atoms with E-state index in [9.17, 15) is 9.59 Å². The Morgan fingerprint density at radius 3 is 2.44 bits per heavy atom. The summed E-state index contributed by atoms with van der Waals surface area (Å²) in [6.07, 6.45) is 5.92. The number of halogens is 1. The highest BCUT2D eigenvalue weighted by Gasteiger charge is 2.20. The predicted molar refractivity (Wildman–Crippen MR) is 106 cm³/mol. The number of amides is 2. The van der Waals surface area contributed by atoms with Crippen LogP contribution in [0.1, 0.15) is 53.9 Å². The van der Waals surface area contributed by atoms with Crippen LogP contribution in [-0.2, 0) is 4.79 Å². The number of nitrogens with one attached hydrogen (secondary N) is 1. The Hall–Kier alpha value is -2.53. The fourth-order valence-electron chi connectivity index (χ4n) is 3.44. The average Bonchev–Trinajstić information content (AvgIpc) is 2.68. The zero-order chi connectivity index (χ0) is 19.2. The number of benzene rings is 2. The van der Waals surface area contributed by atoms with Gasteiger partial charge in [-0.25, -0.2) is 0 Å². The predicted octanol–water partition coefficient (Wildman–Crippen LogP) is 4.50. The summed E-state index contributed by atoms with van der Waals surface area (Å²) in [4.78, 5) is 23.3. The van der Waals surface area contributed by atoms with Crippen LogP contribution in [0.3, 0.4) is 0 Å². The largest absolute Gasteiger partial charge is 0.483 e. The molecule has 5 nitrogen and oxygen atoms in total. The van der Waals surface area contributed by atoms with E-state index in [-0.39, 0.29) is 12.5 Å². The van der Waals surface area contributed by atoms with Gasteiger partial charge in [-0.15, -0.1) is 0 Å². The second-order valence-corrected chi connectivity index (χ2v) is 7.23. The van der Waals surface area contributed by atoms with E-state index in [2.05, 4.69) is 5.32 Å². The molecule has 1 aliphatic rings. The van der Waals surface area contributed by atoms with Crippen molar-refractivity contribution in [3.63, 3.8) is 0 Å². The number of hydrogen-bond donors (Lipinski definition) is 2. The molecule has 6 heteroatoms. The fraction of sp³-hybridized carbons (Fsp3) is 0.333. The molecule has 1 saturated carbocycles. The van der Waals surface area contributed by atoms with Gasteiger partial charge in [-0.3, -0.25) is 9.59 Å². The van der Waals surface area contributed by atoms with Crippen LogP contribution in [0.4, 0.5) is 5.69 Å². The minimum absolute atomic E-state index is 0.0983. The third kappa shape index (κ3) is 5.23. The highest BCUT2D eigenvalue weighted by molar-refractivity contribution is 6.30. The van der Waals surface area contributed by atoms with Crippen molar-refractivity contribution in [2.45, 2.75) is 38.0 Å². The Morgan fingerprint density at radius 1 is 1.07 bits per heavy atom. The van der Waals surface area contributed by atoms with Crippen molar-refractivity contribution in [1.82, 2.24) is 0 Å². The van der Waals surface area contributed by atoms with Gasteiger partial charge >= 0.3 is 0 Å². The molecule has 3 N–H and O–H groups in total. The summed E-state index contributed by atoms with van der Waals surface area (Å²) in [5.41, 5.74) is 7.26. The van der Waals surface area contributed by atoms with Crippen LogP contribution in [0.25, 0.3) is 0 Å². The molecule has 0 heterocycles. The van der Waals surface area contributed by atoms with E-state index >= 15 is 0 Å². The SMILES string of the molecule is NC(=O)c1ccc(NC(=O)COc2ccc(Cl)cc2C2CCCCC2)cc1. The molecular weight excluding hydrogens is 364 g/mol. The number of hydrogen-bond acceptors (Lipinski definition) is 3. The maximum absolute atomic E-state index is 12.2. The van der Waals surface area contributed by atoms with Crippen LogP contribution in [0.2, 0.25) is 5.02 Å². The molecule has 0 atom stereocenters. The van der Waals surface area contributed by atoms with Crippen molar-refractivity contribution >= 4 is 29.1 Å². The zero-order valence-electron chi connectivity index (χ0n) is 15.0. The summed E-state index contributed by atoms with van der Waals surface area (Å²) in [5.74, 6) is 0.364. The summed E-state index contributed by atoms with van der Waals surface area (Å²) in [6.45, 7) is -0.0983. The Labute approximate surface area is 163 Å². The Kier molecular flexibility index (Phi) is 6.35. The van der Waals surface area contributed by atoms with E-state index in [4.69, 9.17) is 22.1 Å². The molecule has 0 unspecified atom stereocenters. The van der Waals surface area contributed by atoms with Gasteiger partial charge in [0.1, 0.15) is 5.75 Å². The number of carbonyl (C=O) groups is 2. The molecule has 3 rings (SSSR count). The molecule has 1 aliphatic carbocycles. The molecule has 2 aromatic carbocycles. The van der Waals surface area contributed by atoms with E-state index in [1.807, 2.05) is 12.1 Å². The number of nitrogens with two attached hydrogens (primary N) is 1. The van der Waals surface area contributed by atoms with Crippen molar-refractivity contribution in [1.29, 1.82) is 0 Å². The average molecular weight is 387 g/mol. The number of primary amides is 1. The van der Waals surface area contributed by atoms with Gasteiger partial charge < -0.3 is 15.8 Å². The molecule has 2 aromatic rings. The normalized spacial score (nSPS) is 14.6. The zero-order valence-corrected chi connectivity index (χ0v) is 15.8. The minimum atomic E-state index is -0.505. The van der Waals surface area contributed by atoms with Gasteiger partial charge in [0, 0.05) is 16.3 Å². The van der Waals surface area contributed by atoms with Gasteiger partial charge in [0.25, 0.3) is 5.91 Å². The molecular formula is C21H23ClN2O3. The third-order valence-corrected chi connectivity index (χ3v) is 5.06. The molecule has 0 bridgehead atoms. The lowest BCUT2D eigenvalue weighted by molar-refractivity contribution is -0.118. The van der Waals surface area contributed by atoms with Crippen molar-refractivity contribution < 1.29 is 14.3 Å². The molecule has 142 valence electrons. The van der Waals surface area contributed by atoms with E-state index in [0.29, 0.717) is 27.9 Å². The number of rotatable bonds is 6. The monoisotopic (exact) mass is 386 g/mol. The topological polar surface area (TPSA) is 81.4 Å². The highest BCUT2D eigenvalue weighted by Crippen LogP contribution is 2.38. The molecule has 27 heavy (non-hydrogen) atoms. The lowest BCUT2D eigenvalue weighted by atomic mass is 9.84.